The molecule has 0 aliphatic carbocycles. The first-order valence-electron chi connectivity index (χ1n) is 13.7. The molecule has 0 bridgehead atoms. The summed E-state index contributed by atoms with van der Waals surface area (Å²) in [6, 6.07) is 27.7. The third-order valence-corrected chi connectivity index (χ3v) is 8.69. The zero-order chi connectivity index (χ0) is 27.5. The van der Waals surface area contributed by atoms with Gasteiger partial charge in [-0.15, -0.1) is 23.7 Å². The molecule has 0 atom stereocenters. The maximum absolute atomic E-state index is 13.8. The number of nitrogens with zero attached hydrogens (tertiary/aromatic N) is 1. The Bertz CT molecular complexity index is 1620. The average Bonchev–Trinajstić information content (AvgIpc) is 3.36. The fourth-order valence-corrected chi connectivity index (χ4v) is 6.54. The van der Waals surface area contributed by atoms with Crippen molar-refractivity contribution in [2.24, 2.45) is 0 Å². The van der Waals surface area contributed by atoms with Crippen LogP contribution in [0.15, 0.2) is 91.0 Å². The molecule has 1 saturated heterocycles. The van der Waals surface area contributed by atoms with E-state index in [2.05, 4.69) is 17.0 Å². The minimum Gasteiger partial charge on any atom is -0.508 e. The fraction of sp³-hybridized carbons (Fsp3) is 0.206. The summed E-state index contributed by atoms with van der Waals surface area (Å²) < 4.78 is 6.81. The first kappa shape index (κ1) is 28.7. The minimum absolute atomic E-state index is 0. The van der Waals surface area contributed by atoms with E-state index < -0.39 is 0 Å². The van der Waals surface area contributed by atoms with Crippen molar-refractivity contribution in [1.82, 2.24) is 4.90 Å². The number of carbonyl (C=O) groups excluding carboxylic acids is 1. The van der Waals surface area contributed by atoms with Gasteiger partial charge in [-0.3, -0.25) is 9.69 Å². The fourth-order valence-electron chi connectivity index (χ4n) is 5.30. The molecule has 5 nitrogen and oxygen atoms in total. The van der Waals surface area contributed by atoms with Crippen LogP contribution in [-0.2, 0) is 0 Å². The number of hydrogen-bond donors (Lipinski definition) is 2. The van der Waals surface area contributed by atoms with E-state index in [9.17, 15) is 15.0 Å². The molecule has 7 heteroatoms. The molecule has 1 aliphatic rings. The van der Waals surface area contributed by atoms with Crippen molar-refractivity contribution in [2.75, 3.05) is 26.2 Å². The van der Waals surface area contributed by atoms with Gasteiger partial charge in [-0.2, -0.15) is 0 Å². The summed E-state index contributed by atoms with van der Waals surface area (Å²) in [6.45, 7) is 4.00. The van der Waals surface area contributed by atoms with Crippen molar-refractivity contribution >= 4 is 39.6 Å². The van der Waals surface area contributed by atoms with Crippen LogP contribution in [0.5, 0.6) is 17.2 Å². The molecule has 2 heterocycles. The summed E-state index contributed by atoms with van der Waals surface area (Å²) in [4.78, 5) is 17.1. The quantitative estimate of drug-likeness (QED) is 0.180. The Hall–Kier alpha value is -3.84. The van der Waals surface area contributed by atoms with Crippen molar-refractivity contribution in [3.05, 3.63) is 102 Å². The van der Waals surface area contributed by atoms with Gasteiger partial charge in [-0.05, 0) is 97.2 Å². The van der Waals surface area contributed by atoms with Crippen molar-refractivity contribution in [3.8, 4) is 38.8 Å². The first-order chi connectivity index (χ1) is 19.5. The summed E-state index contributed by atoms with van der Waals surface area (Å²) in [6.07, 6.45) is 3.91. The van der Waals surface area contributed by atoms with Crippen LogP contribution in [0.3, 0.4) is 0 Å². The van der Waals surface area contributed by atoms with Crippen molar-refractivity contribution in [1.29, 1.82) is 0 Å². The molecule has 4 aromatic carbocycles. The van der Waals surface area contributed by atoms with Gasteiger partial charge in [-0.25, -0.2) is 0 Å². The predicted octanol–water partition coefficient (Wildman–Crippen LogP) is 8.16. The van der Waals surface area contributed by atoms with E-state index in [-0.39, 0.29) is 29.7 Å². The SMILES string of the molecule is Cl.O=C(c1ccc(-c2ccc(OCCN3CCCCC3)cc2)cc1)c1c(-c2ccc(O)cc2)sc2cc(O)ccc12. The van der Waals surface area contributed by atoms with Crippen molar-refractivity contribution in [2.45, 2.75) is 19.3 Å². The molecule has 0 unspecified atom stereocenters. The average molecular weight is 586 g/mol. The van der Waals surface area contributed by atoms with E-state index in [1.54, 1.807) is 42.5 Å². The lowest BCUT2D eigenvalue weighted by Crippen LogP contribution is -2.33. The van der Waals surface area contributed by atoms with Gasteiger partial charge in [0, 0.05) is 32.6 Å². The van der Waals surface area contributed by atoms with Gasteiger partial charge in [-0.1, -0.05) is 42.8 Å². The van der Waals surface area contributed by atoms with Crippen LogP contribution in [0.25, 0.3) is 31.7 Å². The van der Waals surface area contributed by atoms with Gasteiger partial charge in [0.1, 0.15) is 23.9 Å². The number of benzene rings is 4. The number of likely N-dealkylation sites (tertiary alicyclic amines) is 1. The Morgan fingerprint density at radius 1 is 0.756 bits per heavy atom. The zero-order valence-electron chi connectivity index (χ0n) is 22.6. The molecule has 41 heavy (non-hydrogen) atoms. The molecule has 2 N–H and O–H groups in total. The van der Waals surface area contributed by atoms with Gasteiger partial charge >= 0.3 is 0 Å². The van der Waals surface area contributed by atoms with E-state index in [1.807, 2.05) is 36.4 Å². The number of hydrogen-bond acceptors (Lipinski definition) is 6. The molecule has 0 saturated carbocycles. The van der Waals surface area contributed by atoms with Crippen molar-refractivity contribution < 1.29 is 19.7 Å². The number of carbonyl (C=O) groups is 1. The lowest BCUT2D eigenvalue weighted by molar-refractivity contribution is 0.104. The maximum atomic E-state index is 13.8. The van der Waals surface area contributed by atoms with E-state index >= 15 is 0 Å². The maximum Gasteiger partial charge on any atom is 0.195 e. The zero-order valence-corrected chi connectivity index (χ0v) is 24.2. The standard InChI is InChI=1S/C34H31NO4S.ClH/c36-27-12-8-26(9-13-27)34-32(30-17-14-28(37)22-31(30)40-34)33(38)25-6-4-23(5-7-25)24-10-15-29(16-11-24)39-21-20-35-18-2-1-3-19-35;/h4-17,22,36-37H,1-3,18-21H2;1H. The largest absolute Gasteiger partial charge is 0.508 e. The Morgan fingerprint density at radius 3 is 2.05 bits per heavy atom. The molecule has 1 aromatic heterocycles. The molecule has 0 spiro atoms. The smallest absolute Gasteiger partial charge is 0.195 e. The van der Waals surface area contributed by atoms with Crippen LogP contribution in [0.4, 0.5) is 0 Å². The highest BCUT2D eigenvalue weighted by Gasteiger charge is 2.22. The molecule has 0 amide bonds. The van der Waals surface area contributed by atoms with Crippen LogP contribution >= 0.6 is 23.7 Å². The minimum atomic E-state index is -0.0796. The Kier molecular flexibility index (Phi) is 8.93. The lowest BCUT2D eigenvalue weighted by atomic mass is 9.96. The topological polar surface area (TPSA) is 70.0 Å². The van der Waals surface area contributed by atoms with Gasteiger partial charge in [0.15, 0.2) is 5.78 Å². The molecule has 5 aromatic rings. The van der Waals surface area contributed by atoms with Crippen LogP contribution in [0.2, 0.25) is 0 Å². The second-order valence-corrected chi connectivity index (χ2v) is 11.3. The van der Waals surface area contributed by atoms with Gasteiger partial charge in [0.2, 0.25) is 0 Å². The number of ketones is 1. The molecule has 0 radical (unpaired) electrons. The number of thiophene rings is 1. The van der Waals surface area contributed by atoms with E-state index in [4.69, 9.17) is 4.74 Å². The number of phenols is 2. The van der Waals surface area contributed by atoms with E-state index in [0.29, 0.717) is 17.7 Å². The molecule has 210 valence electrons. The Labute approximate surface area is 250 Å². The number of ether oxygens (including phenoxy) is 1. The summed E-state index contributed by atoms with van der Waals surface area (Å²) in [7, 11) is 0. The third-order valence-electron chi connectivity index (χ3n) is 7.49. The van der Waals surface area contributed by atoms with Crippen LogP contribution < -0.4 is 4.74 Å². The van der Waals surface area contributed by atoms with Crippen LogP contribution in [0, 0.1) is 0 Å². The second-order valence-electron chi connectivity index (χ2n) is 10.2. The third kappa shape index (κ3) is 6.41. The normalized spacial score (nSPS) is 13.6. The number of piperidine rings is 1. The summed E-state index contributed by atoms with van der Waals surface area (Å²) in [5.41, 5.74) is 4.12. The summed E-state index contributed by atoms with van der Waals surface area (Å²) in [5, 5.41) is 20.6. The number of aromatic hydroxyl groups is 2. The van der Waals surface area contributed by atoms with Crippen LogP contribution in [-0.4, -0.2) is 47.1 Å². The highest BCUT2D eigenvalue weighted by atomic mass is 35.5. The molecule has 1 aliphatic heterocycles. The molecular formula is C34H32ClNO4S. The number of phenolic OH excluding ortho intramolecular Hbond substituents is 2. The Balaban J connectivity index is 0.00000337. The summed E-state index contributed by atoms with van der Waals surface area (Å²) >= 11 is 1.46. The first-order valence-corrected chi connectivity index (χ1v) is 14.5. The molecule has 1 fully saturated rings. The van der Waals surface area contributed by atoms with Gasteiger partial charge in [0.05, 0.1) is 0 Å². The predicted molar refractivity (Wildman–Crippen MR) is 169 cm³/mol. The van der Waals surface area contributed by atoms with Crippen LogP contribution in [0.1, 0.15) is 35.2 Å². The second kappa shape index (κ2) is 12.8. The van der Waals surface area contributed by atoms with E-state index in [1.165, 1.54) is 43.7 Å². The molecular weight excluding hydrogens is 554 g/mol. The van der Waals surface area contributed by atoms with Crippen molar-refractivity contribution in [3.63, 3.8) is 0 Å². The lowest BCUT2D eigenvalue weighted by Gasteiger charge is -2.26. The number of fused-ring (bicyclic) bond motifs is 1. The van der Waals surface area contributed by atoms with E-state index in [0.717, 1.165) is 43.9 Å². The monoisotopic (exact) mass is 585 g/mol. The number of rotatable bonds is 8. The highest BCUT2D eigenvalue weighted by Crippen LogP contribution is 2.41. The number of halogens is 1. The highest BCUT2D eigenvalue weighted by molar-refractivity contribution is 7.22. The summed E-state index contributed by atoms with van der Waals surface area (Å²) in [5.74, 6) is 1.12. The van der Waals surface area contributed by atoms with Gasteiger partial charge in [0.25, 0.3) is 0 Å². The Morgan fingerprint density at radius 2 is 1.37 bits per heavy atom. The molecule has 6 rings (SSSR count). The van der Waals surface area contributed by atoms with Gasteiger partial charge < -0.3 is 14.9 Å².